The Morgan fingerprint density at radius 2 is 2.00 bits per heavy atom. The van der Waals surface area contributed by atoms with Crippen molar-refractivity contribution in [2.24, 2.45) is 0 Å². The van der Waals surface area contributed by atoms with Crippen LogP contribution in [0.2, 0.25) is 0 Å². The Morgan fingerprint density at radius 1 is 1.26 bits per heavy atom. The second-order valence-corrected chi connectivity index (χ2v) is 5.02. The Morgan fingerprint density at radius 3 is 2.63 bits per heavy atom. The number of aromatic nitrogens is 1. The number of nitrogens with zero attached hydrogens (tertiary/aromatic N) is 1. The SMILES string of the molecule is CCc1ccccc1-c1ccc(C(=O)O)n1C1CC1. The van der Waals surface area contributed by atoms with Gasteiger partial charge < -0.3 is 9.67 Å². The van der Waals surface area contributed by atoms with Crippen LogP contribution in [0.1, 0.15) is 41.9 Å². The van der Waals surface area contributed by atoms with Crippen LogP contribution in [0.15, 0.2) is 36.4 Å². The topological polar surface area (TPSA) is 42.2 Å². The van der Waals surface area contributed by atoms with E-state index in [1.54, 1.807) is 6.07 Å². The van der Waals surface area contributed by atoms with Gasteiger partial charge in [-0.1, -0.05) is 31.2 Å². The molecule has 1 aromatic heterocycles. The number of carboxylic acids is 1. The first-order chi connectivity index (χ1) is 9.22. The number of aryl methyl sites for hydroxylation is 1. The number of carbonyl (C=O) groups is 1. The highest BCUT2D eigenvalue weighted by Crippen LogP contribution is 2.41. The zero-order chi connectivity index (χ0) is 13.4. The summed E-state index contributed by atoms with van der Waals surface area (Å²) >= 11 is 0. The van der Waals surface area contributed by atoms with E-state index in [2.05, 4.69) is 19.1 Å². The van der Waals surface area contributed by atoms with Gasteiger partial charge in [0, 0.05) is 17.3 Å². The van der Waals surface area contributed by atoms with Crippen LogP contribution < -0.4 is 0 Å². The first kappa shape index (κ1) is 12.0. The van der Waals surface area contributed by atoms with Gasteiger partial charge in [0.15, 0.2) is 0 Å². The zero-order valence-electron chi connectivity index (χ0n) is 11.0. The highest BCUT2D eigenvalue weighted by Gasteiger charge is 2.30. The highest BCUT2D eigenvalue weighted by atomic mass is 16.4. The van der Waals surface area contributed by atoms with Crippen molar-refractivity contribution in [1.29, 1.82) is 0 Å². The van der Waals surface area contributed by atoms with Crippen LogP contribution in [0.4, 0.5) is 0 Å². The lowest BCUT2D eigenvalue weighted by molar-refractivity contribution is 0.0685. The van der Waals surface area contributed by atoms with E-state index < -0.39 is 5.97 Å². The van der Waals surface area contributed by atoms with E-state index in [1.807, 2.05) is 22.8 Å². The molecule has 1 aliphatic carbocycles. The molecular weight excluding hydrogens is 238 g/mol. The summed E-state index contributed by atoms with van der Waals surface area (Å²) in [4.78, 5) is 11.3. The van der Waals surface area contributed by atoms with Crippen molar-refractivity contribution >= 4 is 5.97 Å². The van der Waals surface area contributed by atoms with Gasteiger partial charge in [0.05, 0.1) is 0 Å². The van der Waals surface area contributed by atoms with Gasteiger partial charge in [0.25, 0.3) is 0 Å². The van der Waals surface area contributed by atoms with Crippen LogP contribution >= 0.6 is 0 Å². The molecule has 2 aromatic rings. The van der Waals surface area contributed by atoms with Gasteiger partial charge in [-0.3, -0.25) is 0 Å². The summed E-state index contributed by atoms with van der Waals surface area (Å²) in [5, 5.41) is 9.31. The number of hydrogen-bond acceptors (Lipinski definition) is 1. The summed E-state index contributed by atoms with van der Waals surface area (Å²) in [6.45, 7) is 2.13. The summed E-state index contributed by atoms with van der Waals surface area (Å²) in [5.41, 5.74) is 3.87. The van der Waals surface area contributed by atoms with Gasteiger partial charge in [0.1, 0.15) is 5.69 Å². The Kier molecular flexibility index (Phi) is 2.90. The van der Waals surface area contributed by atoms with Crippen LogP contribution in [0.3, 0.4) is 0 Å². The Bertz CT molecular complexity index is 623. The Balaban J connectivity index is 2.17. The lowest BCUT2D eigenvalue weighted by Crippen LogP contribution is -2.08. The molecule has 1 N–H and O–H groups in total. The Labute approximate surface area is 112 Å². The first-order valence-electron chi connectivity index (χ1n) is 6.75. The highest BCUT2D eigenvalue weighted by molar-refractivity contribution is 5.88. The maximum absolute atomic E-state index is 11.3. The average molecular weight is 255 g/mol. The minimum atomic E-state index is -0.841. The molecule has 1 aromatic carbocycles. The van der Waals surface area contributed by atoms with Crippen molar-refractivity contribution in [3.63, 3.8) is 0 Å². The molecule has 0 bridgehead atoms. The van der Waals surface area contributed by atoms with E-state index in [9.17, 15) is 9.90 Å². The normalized spacial score (nSPS) is 14.6. The van der Waals surface area contributed by atoms with Crippen LogP contribution in [0, 0.1) is 0 Å². The third-order valence-electron chi connectivity index (χ3n) is 3.72. The fourth-order valence-electron chi connectivity index (χ4n) is 2.65. The fourth-order valence-corrected chi connectivity index (χ4v) is 2.65. The third-order valence-corrected chi connectivity index (χ3v) is 3.72. The maximum Gasteiger partial charge on any atom is 0.352 e. The molecule has 0 atom stereocenters. The zero-order valence-corrected chi connectivity index (χ0v) is 11.0. The van der Waals surface area contributed by atoms with Crippen molar-refractivity contribution < 1.29 is 9.90 Å². The summed E-state index contributed by atoms with van der Waals surface area (Å²) in [5.74, 6) is -0.841. The monoisotopic (exact) mass is 255 g/mol. The van der Waals surface area contributed by atoms with Gasteiger partial charge in [-0.2, -0.15) is 0 Å². The van der Waals surface area contributed by atoms with Gasteiger partial charge in [-0.15, -0.1) is 0 Å². The standard InChI is InChI=1S/C16H17NO2/c1-2-11-5-3-4-6-13(11)14-9-10-15(16(18)19)17(14)12-7-8-12/h3-6,9-10,12H,2,7-8H2,1H3,(H,18,19). The molecule has 1 fully saturated rings. The smallest absolute Gasteiger partial charge is 0.352 e. The van der Waals surface area contributed by atoms with Crippen molar-refractivity contribution in [2.45, 2.75) is 32.2 Å². The molecule has 1 aliphatic rings. The quantitative estimate of drug-likeness (QED) is 0.904. The predicted molar refractivity (Wildman–Crippen MR) is 74.5 cm³/mol. The summed E-state index contributed by atoms with van der Waals surface area (Å²) in [7, 11) is 0. The van der Waals surface area contributed by atoms with Crippen LogP contribution in [0.25, 0.3) is 11.3 Å². The molecule has 0 radical (unpaired) electrons. The van der Waals surface area contributed by atoms with Crippen LogP contribution in [-0.4, -0.2) is 15.6 Å². The maximum atomic E-state index is 11.3. The number of aromatic carboxylic acids is 1. The van der Waals surface area contributed by atoms with Gasteiger partial charge in [-0.05, 0) is 37.0 Å². The molecule has 98 valence electrons. The van der Waals surface area contributed by atoms with Crippen molar-refractivity contribution in [3.05, 3.63) is 47.7 Å². The van der Waals surface area contributed by atoms with Gasteiger partial charge in [-0.25, -0.2) is 4.79 Å². The van der Waals surface area contributed by atoms with Crippen LogP contribution in [0.5, 0.6) is 0 Å². The Hall–Kier alpha value is -2.03. The molecule has 0 unspecified atom stereocenters. The summed E-state index contributed by atoms with van der Waals surface area (Å²) < 4.78 is 2.00. The van der Waals surface area contributed by atoms with Crippen molar-refractivity contribution in [1.82, 2.24) is 4.57 Å². The van der Waals surface area contributed by atoms with Crippen LogP contribution in [-0.2, 0) is 6.42 Å². The van der Waals surface area contributed by atoms with E-state index in [4.69, 9.17) is 0 Å². The first-order valence-corrected chi connectivity index (χ1v) is 6.75. The second-order valence-electron chi connectivity index (χ2n) is 5.02. The predicted octanol–water partition coefficient (Wildman–Crippen LogP) is 3.75. The largest absolute Gasteiger partial charge is 0.477 e. The lowest BCUT2D eigenvalue weighted by atomic mass is 10.0. The van der Waals surface area contributed by atoms with E-state index in [-0.39, 0.29) is 0 Å². The number of benzene rings is 1. The van der Waals surface area contributed by atoms with Crippen molar-refractivity contribution in [3.8, 4) is 11.3 Å². The number of hydrogen-bond donors (Lipinski definition) is 1. The van der Waals surface area contributed by atoms with E-state index in [0.717, 1.165) is 30.5 Å². The summed E-state index contributed by atoms with van der Waals surface area (Å²) in [6, 6.07) is 12.3. The minimum absolute atomic E-state index is 0.362. The summed E-state index contributed by atoms with van der Waals surface area (Å²) in [6.07, 6.45) is 3.11. The van der Waals surface area contributed by atoms with Gasteiger partial charge in [0.2, 0.25) is 0 Å². The van der Waals surface area contributed by atoms with Crippen molar-refractivity contribution in [2.75, 3.05) is 0 Å². The number of rotatable bonds is 4. The fraction of sp³-hybridized carbons (Fsp3) is 0.312. The van der Waals surface area contributed by atoms with E-state index in [1.165, 1.54) is 5.56 Å². The minimum Gasteiger partial charge on any atom is -0.477 e. The second kappa shape index (κ2) is 4.57. The molecular formula is C16H17NO2. The lowest BCUT2D eigenvalue weighted by Gasteiger charge is -2.13. The molecule has 3 heteroatoms. The molecule has 3 nitrogen and oxygen atoms in total. The van der Waals surface area contributed by atoms with Gasteiger partial charge >= 0.3 is 5.97 Å². The molecule has 0 spiro atoms. The average Bonchev–Trinajstić information content (AvgIpc) is 3.17. The third kappa shape index (κ3) is 2.05. The molecule has 1 heterocycles. The molecule has 1 saturated carbocycles. The molecule has 19 heavy (non-hydrogen) atoms. The molecule has 0 amide bonds. The molecule has 0 saturated heterocycles. The van der Waals surface area contributed by atoms with E-state index >= 15 is 0 Å². The molecule has 0 aliphatic heterocycles. The van der Waals surface area contributed by atoms with E-state index in [0.29, 0.717) is 11.7 Å². The molecule has 3 rings (SSSR count). The number of carboxylic acid groups (broad SMARTS) is 1.